The molecular formula is C13H17NO3. The molecule has 0 spiro atoms. The molecule has 1 aromatic carbocycles. The predicted octanol–water partition coefficient (Wildman–Crippen LogP) is 1.83. The Kier molecular flexibility index (Phi) is 3.98. The standard InChI is InChI=1S/C13H17NO3/c15-12-8-4-7-11(12)14-13(16)17-9-10-5-2-1-3-6-10/h1-3,5-6,11-12,15H,4,7-9H2,(H,14,16)/t11-,12+/m0/s1. The van der Waals surface area contributed by atoms with Crippen molar-refractivity contribution < 1.29 is 14.6 Å². The highest BCUT2D eigenvalue weighted by molar-refractivity contribution is 5.67. The second-order valence-electron chi connectivity index (χ2n) is 4.31. The van der Waals surface area contributed by atoms with Crippen molar-refractivity contribution in [3.05, 3.63) is 35.9 Å². The number of rotatable bonds is 3. The van der Waals surface area contributed by atoms with Gasteiger partial charge in [-0.05, 0) is 24.8 Å². The third kappa shape index (κ3) is 3.46. The lowest BCUT2D eigenvalue weighted by Gasteiger charge is -2.16. The molecule has 4 heteroatoms. The molecule has 1 aliphatic rings. The average molecular weight is 235 g/mol. The van der Waals surface area contributed by atoms with Gasteiger partial charge in [0.2, 0.25) is 0 Å². The number of hydrogen-bond acceptors (Lipinski definition) is 3. The topological polar surface area (TPSA) is 58.6 Å². The van der Waals surface area contributed by atoms with E-state index >= 15 is 0 Å². The molecular weight excluding hydrogens is 218 g/mol. The Morgan fingerprint density at radius 1 is 1.35 bits per heavy atom. The fourth-order valence-corrected chi connectivity index (χ4v) is 2.02. The van der Waals surface area contributed by atoms with Crippen LogP contribution in [0.5, 0.6) is 0 Å². The smallest absolute Gasteiger partial charge is 0.407 e. The van der Waals surface area contributed by atoms with E-state index < -0.39 is 12.2 Å². The molecule has 0 unspecified atom stereocenters. The third-order valence-corrected chi connectivity index (χ3v) is 3.00. The third-order valence-electron chi connectivity index (χ3n) is 3.00. The molecule has 2 N–H and O–H groups in total. The summed E-state index contributed by atoms with van der Waals surface area (Å²) in [6, 6.07) is 9.36. The summed E-state index contributed by atoms with van der Waals surface area (Å²) in [5.41, 5.74) is 0.953. The summed E-state index contributed by atoms with van der Waals surface area (Å²) in [6.07, 6.45) is 1.63. The lowest BCUT2D eigenvalue weighted by Crippen LogP contribution is -2.40. The Morgan fingerprint density at radius 3 is 2.76 bits per heavy atom. The minimum absolute atomic E-state index is 0.154. The number of ether oxygens (including phenoxy) is 1. The number of nitrogens with one attached hydrogen (secondary N) is 1. The van der Waals surface area contributed by atoms with Crippen LogP contribution in [0.25, 0.3) is 0 Å². The molecule has 2 atom stereocenters. The van der Waals surface area contributed by atoms with Crippen LogP contribution < -0.4 is 5.32 Å². The summed E-state index contributed by atoms with van der Waals surface area (Å²) < 4.78 is 5.08. The van der Waals surface area contributed by atoms with Crippen LogP contribution in [0, 0.1) is 0 Å². The summed E-state index contributed by atoms with van der Waals surface area (Å²) in [4.78, 5) is 11.5. The Bertz CT molecular complexity index is 366. The van der Waals surface area contributed by atoms with Crippen molar-refractivity contribution in [1.82, 2.24) is 5.32 Å². The van der Waals surface area contributed by atoms with Crippen molar-refractivity contribution >= 4 is 6.09 Å². The molecule has 0 heterocycles. The molecule has 1 amide bonds. The van der Waals surface area contributed by atoms with E-state index in [1.54, 1.807) is 0 Å². The number of carbonyl (C=O) groups is 1. The lowest BCUT2D eigenvalue weighted by atomic mass is 10.2. The van der Waals surface area contributed by atoms with Crippen LogP contribution >= 0.6 is 0 Å². The summed E-state index contributed by atoms with van der Waals surface area (Å²) >= 11 is 0. The molecule has 1 fully saturated rings. The molecule has 0 radical (unpaired) electrons. The molecule has 1 aromatic rings. The fraction of sp³-hybridized carbons (Fsp3) is 0.462. The zero-order valence-corrected chi connectivity index (χ0v) is 9.63. The van der Waals surface area contributed by atoms with Crippen molar-refractivity contribution in [2.45, 2.75) is 38.0 Å². The summed E-state index contributed by atoms with van der Waals surface area (Å²) in [7, 11) is 0. The minimum atomic E-state index is -0.459. The van der Waals surface area contributed by atoms with Gasteiger partial charge in [0.25, 0.3) is 0 Å². The Balaban J connectivity index is 1.74. The molecule has 1 saturated carbocycles. The van der Waals surface area contributed by atoms with Gasteiger partial charge in [0.1, 0.15) is 6.61 Å². The van der Waals surface area contributed by atoms with Crippen molar-refractivity contribution in [2.75, 3.05) is 0 Å². The van der Waals surface area contributed by atoms with Crippen molar-refractivity contribution in [1.29, 1.82) is 0 Å². The van der Waals surface area contributed by atoms with Gasteiger partial charge in [0, 0.05) is 0 Å². The van der Waals surface area contributed by atoms with Crippen molar-refractivity contribution in [2.24, 2.45) is 0 Å². The van der Waals surface area contributed by atoms with Crippen molar-refractivity contribution in [3.63, 3.8) is 0 Å². The number of alkyl carbamates (subject to hydrolysis) is 1. The van der Waals surface area contributed by atoms with Crippen LogP contribution in [0.1, 0.15) is 24.8 Å². The number of benzene rings is 1. The molecule has 17 heavy (non-hydrogen) atoms. The summed E-state index contributed by atoms with van der Waals surface area (Å²) in [6.45, 7) is 0.259. The van der Waals surface area contributed by atoms with Crippen LogP contribution in [0.2, 0.25) is 0 Å². The first-order chi connectivity index (χ1) is 8.25. The monoisotopic (exact) mass is 235 g/mol. The Labute approximate surface area is 101 Å². The maximum atomic E-state index is 11.5. The highest BCUT2D eigenvalue weighted by Crippen LogP contribution is 2.18. The van der Waals surface area contributed by atoms with E-state index in [-0.39, 0.29) is 12.6 Å². The van der Waals surface area contributed by atoms with Gasteiger partial charge in [-0.1, -0.05) is 30.3 Å². The van der Waals surface area contributed by atoms with E-state index in [1.807, 2.05) is 30.3 Å². The summed E-state index contributed by atoms with van der Waals surface area (Å²) in [5, 5.41) is 12.2. The number of hydrogen-bond donors (Lipinski definition) is 2. The zero-order valence-electron chi connectivity index (χ0n) is 9.63. The second kappa shape index (κ2) is 5.68. The molecule has 0 saturated heterocycles. The van der Waals surface area contributed by atoms with Gasteiger partial charge in [0.15, 0.2) is 0 Å². The maximum Gasteiger partial charge on any atom is 0.407 e. The molecule has 0 aromatic heterocycles. The van der Waals surface area contributed by atoms with Gasteiger partial charge in [0.05, 0.1) is 12.1 Å². The van der Waals surface area contributed by atoms with E-state index in [0.29, 0.717) is 0 Å². The van der Waals surface area contributed by atoms with E-state index in [0.717, 1.165) is 24.8 Å². The molecule has 4 nitrogen and oxygen atoms in total. The van der Waals surface area contributed by atoms with Gasteiger partial charge in [-0.15, -0.1) is 0 Å². The fourth-order valence-electron chi connectivity index (χ4n) is 2.02. The van der Waals surface area contributed by atoms with Crippen molar-refractivity contribution in [3.8, 4) is 0 Å². The number of carbonyl (C=O) groups excluding carboxylic acids is 1. The molecule has 2 rings (SSSR count). The average Bonchev–Trinajstić information content (AvgIpc) is 2.74. The number of aliphatic hydroxyl groups is 1. The van der Waals surface area contributed by atoms with Gasteiger partial charge >= 0.3 is 6.09 Å². The second-order valence-corrected chi connectivity index (χ2v) is 4.31. The zero-order chi connectivity index (χ0) is 12.1. The molecule has 1 aliphatic carbocycles. The van der Waals surface area contributed by atoms with Crippen LogP contribution in [0.15, 0.2) is 30.3 Å². The van der Waals surface area contributed by atoms with Gasteiger partial charge in [-0.3, -0.25) is 0 Å². The molecule has 0 aliphatic heterocycles. The first-order valence-electron chi connectivity index (χ1n) is 5.91. The van der Waals surface area contributed by atoms with Gasteiger partial charge in [-0.25, -0.2) is 4.79 Å². The highest BCUT2D eigenvalue weighted by Gasteiger charge is 2.26. The van der Waals surface area contributed by atoms with Gasteiger partial charge in [-0.2, -0.15) is 0 Å². The van der Waals surface area contributed by atoms with Crippen LogP contribution in [0.3, 0.4) is 0 Å². The van der Waals surface area contributed by atoms with Crippen LogP contribution in [-0.4, -0.2) is 23.3 Å². The highest BCUT2D eigenvalue weighted by atomic mass is 16.5. The Hall–Kier alpha value is -1.55. The maximum absolute atomic E-state index is 11.5. The molecule has 92 valence electrons. The first kappa shape index (κ1) is 11.9. The lowest BCUT2D eigenvalue weighted by molar-refractivity contribution is 0.113. The molecule has 0 bridgehead atoms. The SMILES string of the molecule is O=C(N[C@H]1CCC[C@H]1O)OCc1ccccc1. The van der Waals surface area contributed by atoms with E-state index in [9.17, 15) is 9.90 Å². The predicted molar refractivity (Wildman–Crippen MR) is 63.4 cm³/mol. The number of amides is 1. The quantitative estimate of drug-likeness (QED) is 0.840. The van der Waals surface area contributed by atoms with Crippen LogP contribution in [-0.2, 0) is 11.3 Å². The normalized spacial score (nSPS) is 23.4. The van der Waals surface area contributed by atoms with E-state index in [1.165, 1.54) is 0 Å². The largest absolute Gasteiger partial charge is 0.445 e. The van der Waals surface area contributed by atoms with E-state index in [4.69, 9.17) is 4.74 Å². The van der Waals surface area contributed by atoms with Crippen LogP contribution in [0.4, 0.5) is 4.79 Å². The van der Waals surface area contributed by atoms with Gasteiger partial charge < -0.3 is 15.2 Å². The minimum Gasteiger partial charge on any atom is -0.445 e. The number of aliphatic hydroxyl groups excluding tert-OH is 1. The first-order valence-corrected chi connectivity index (χ1v) is 5.91. The van der Waals surface area contributed by atoms with E-state index in [2.05, 4.69) is 5.32 Å². The summed E-state index contributed by atoms with van der Waals surface area (Å²) in [5.74, 6) is 0. The Morgan fingerprint density at radius 2 is 2.12 bits per heavy atom.